The number of fused-ring (bicyclic) bond motifs is 3. The molecule has 1 fully saturated rings. The van der Waals surface area contributed by atoms with Gasteiger partial charge in [0.2, 0.25) is 5.91 Å². The Morgan fingerprint density at radius 1 is 1.17 bits per heavy atom. The fourth-order valence-electron chi connectivity index (χ4n) is 4.18. The Kier molecular flexibility index (Phi) is 6.59. The van der Waals surface area contributed by atoms with Crippen LogP contribution >= 0.6 is 0 Å². The van der Waals surface area contributed by atoms with Gasteiger partial charge in [0.1, 0.15) is 0 Å². The van der Waals surface area contributed by atoms with Crippen LogP contribution in [0.5, 0.6) is 0 Å². The average Bonchev–Trinajstić information content (AvgIpc) is 3.13. The highest BCUT2D eigenvalue weighted by atomic mass is 16.5. The van der Waals surface area contributed by atoms with Crippen LogP contribution in [0.15, 0.2) is 24.3 Å². The summed E-state index contributed by atoms with van der Waals surface area (Å²) in [4.78, 5) is 19.5. The van der Waals surface area contributed by atoms with Crippen molar-refractivity contribution in [2.24, 2.45) is 0 Å². The maximum absolute atomic E-state index is 12.3. The second-order valence-electron chi connectivity index (χ2n) is 8.02. The standard InChI is InChI=1S/C23H31N5O2/c1-17-19(18(2)28-23(25-17)20-7-3-4-8-21(20)26-28)9-10-22(29)24-11-5-6-12-27-13-15-30-16-14-27/h3-4,7-8H,5-6,9-16H2,1-2H3,(H,24,29). The number of rotatable bonds is 8. The second kappa shape index (κ2) is 9.53. The summed E-state index contributed by atoms with van der Waals surface area (Å²) in [5.41, 5.74) is 4.97. The number of unbranched alkanes of at least 4 members (excludes halogenated alkanes) is 1. The molecule has 0 aliphatic carbocycles. The number of nitrogens with one attached hydrogen (secondary N) is 1. The lowest BCUT2D eigenvalue weighted by atomic mass is 10.1. The monoisotopic (exact) mass is 409 g/mol. The van der Waals surface area contributed by atoms with E-state index in [4.69, 9.17) is 14.8 Å². The van der Waals surface area contributed by atoms with E-state index >= 15 is 0 Å². The van der Waals surface area contributed by atoms with Gasteiger partial charge in [0, 0.05) is 42.8 Å². The highest BCUT2D eigenvalue weighted by Gasteiger charge is 2.15. The van der Waals surface area contributed by atoms with Crippen LogP contribution in [-0.4, -0.2) is 64.8 Å². The lowest BCUT2D eigenvalue weighted by Crippen LogP contribution is -2.37. The third-order valence-electron chi connectivity index (χ3n) is 5.95. The van der Waals surface area contributed by atoms with Gasteiger partial charge in [-0.05, 0) is 57.4 Å². The fraction of sp³-hybridized carbons (Fsp3) is 0.522. The SMILES string of the molecule is Cc1nc2c3ccccc3nn2c(C)c1CCC(=O)NCCCCN1CCOCC1. The zero-order valence-electron chi connectivity index (χ0n) is 18.0. The topological polar surface area (TPSA) is 71.8 Å². The summed E-state index contributed by atoms with van der Waals surface area (Å²) in [6.07, 6.45) is 3.26. The van der Waals surface area contributed by atoms with Crippen molar-refractivity contribution in [3.05, 3.63) is 41.2 Å². The molecule has 160 valence electrons. The number of carbonyl (C=O) groups excluding carboxylic acids is 1. The molecule has 0 spiro atoms. The number of carbonyl (C=O) groups is 1. The molecule has 0 bridgehead atoms. The van der Waals surface area contributed by atoms with E-state index in [-0.39, 0.29) is 5.91 Å². The largest absolute Gasteiger partial charge is 0.379 e. The Morgan fingerprint density at radius 2 is 1.97 bits per heavy atom. The highest BCUT2D eigenvalue weighted by Crippen LogP contribution is 2.22. The van der Waals surface area contributed by atoms with Crippen LogP contribution in [0.2, 0.25) is 0 Å². The molecule has 1 aliphatic heterocycles. The normalized spacial score (nSPS) is 15.1. The highest BCUT2D eigenvalue weighted by molar-refractivity contribution is 5.92. The molecule has 3 aromatic rings. The summed E-state index contributed by atoms with van der Waals surface area (Å²) in [6, 6.07) is 8.05. The molecule has 2 aromatic heterocycles. The van der Waals surface area contributed by atoms with Crippen molar-refractivity contribution < 1.29 is 9.53 Å². The minimum absolute atomic E-state index is 0.103. The van der Waals surface area contributed by atoms with Gasteiger partial charge >= 0.3 is 0 Å². The van der Waals surface area contributed by atoms with Crippen LogP contribution in [0.1, 0.15) is 36.2 Å². The van der Waals surface area contributed by atoms with Crippen LogP contribution < -0.4 is 5.32 Å². The Hall–Kier alpha value is -2.51. The Balaban J connectivity index is 1.28. The first-order chi connectivity index (χ1) is 14.6. The zero-order chi connectivity index (χ0) is 20.9. The lowest BCUT2D eigenvalue weighted by Gasteiger charge is -2.26. The van der Waals surface area contributed by atoms with Crippen molar-refractivity contribution in [2.45, 2.75) is 39.5 Å². The van der Waals surface area contributed by atoms with E-state index in [1.165, 1.54) is 0 Å². The average molecular weight is 410 g/mol. The Labute approximate surface area is 177 Å². The van der Waals surface area contributed by atoms with Gasteiger partial charge < -0.3 is 10.1 Å². The van der Waals surface area contributed by atoms with Gasteiger partial charge in [-0.1, -0.05) is 12.1 Å². The summed E-state index contributed by atoms with van der Waals surface area (Å²) >= 11 is 0. The van der Waals surface area contributed by atoms with Crippen LogP contribution in [0.4, 0.5) is 0 Å². The zero-order valence-corrected chi connectivity index (χ0v) is 18.0. The summed E-state index contributed by atoms with van der Waals surface area (Å²) in [5.74, 6) is 0.103. The van der Waals surface area contributed by atoms with Gasteiger partial charge in [-0.25, -0.2) is 9.50 Å². The van der Waals surface area contributed by atoms with Gasteiger partial charge in [-0.3, -0.25) is 9.69 Å². The fourth-order valence-corrected chi connectivity index (χ4v) is 4.18. The molecule has 0 saturated carbocycles. The molecule has 0 unspecified atom stereocenters. The maximum Gasteiger partial charge on any atom is 0.220 e. The molecule has 30 heavy (non-hydrogen) atoms. The van der Waals surface area contributed by atoms with Crippen LogP contribution in [-0.2, 0) is 16.0 Å². The number of ether oxygens (including phenoxy) is 1. The molecule has 3 heterocycles. The molecule has 1 aromatic carbocycles. The van der Waals surface area contributed by atoms with Gasteiger partial charge in [0.25, 0.3) is 0 Å². The number of nitrogens with zero attached hydrogens (tertiary/aromatic N) is 4. The first-order valence-corrected chi connectivity index (χ1v) is 10.9. The molecule has 7 heteroatoms. The molecule has 1 aliphatic rings. The summed E-state index contributed by atoms with van der Waals surface area (Å²) in [6.45, 7) is 9.63. The third kappa shape index (κ3) is 4.63. The van der Waals surface area contributed by atoms with E-state index in [0.717, 1.165) is 85.7 Å². The van der Waals surface area contributed by atoms with Gasteiger partial charge in [-0.15, -0.1) is 0 Å². The first kappa shape index (κ1) is 20.8. The van der Waals surface area contributed by atoms with Crippen molar-refractivity contribution >= 4 is 22.5 Å². The Morgan fingerprint density at radius 3 is 2.80 bits per heavy atom. The first-order valence-electron chi connectivity index (χ1n) is 10.9. The predicted molar refractivity (Wildman–Crippen MR) is 118 cm³/mol. The van der Waals surface area contributed by atoms with Gasteiger partial charge in [0.05, 0.1) is 18.7 Å². The van der Waals surface area contributed by atoms with E-state index in [9.17, 15) is 4.79 Å². The molecular formula is C23H31N5O2. The van der Waals surface area contributed by atoms with Crippen LogP contribution in [0.3, 0.4) is 0 Å². The molecule has 0 radical (unpaired) electrons. The molecule has 7 nitrogen and oxygen atoms in total. The lowest BCUT2D eigenvalue weighted by molar-refractivity contribution is -0.121. The number of morpholine rings is 1. The molecular weight excluding hydrogens is 378 g/mol. The number of hydrogen-bond acceptors (Lipinski definition) is 5. The molecule has 1 amide bonds. The van der Waals surface area contributed by atoms with E-state index in [0.29, 0.717) is 12.8 Å². The van der Waals surface area contributed by atoms with Crippen molar-refractivity contribution in [3.63, 3.8) is 0 Å². The molecule has 0 atom stereocenters. The van der Waals surface area contributed by atoms with E-state index in [1.54, 1.807) is 0 Å². The smallest absolute Gasteiger partial charge is 0.220 e. The Bertz CT molecular complexity index is 1020. The number of amides is 1. The molecule has 1 saturated heterocycles. The van der Waals surface area contributed by atoms with E-state index in [2.05, 4.69) is 23.2 Å². The number of benzene rings is 1. The van der Waals surface area contributed by atoms with Crippen LogP contribution in [0, 0.1) is 13.8 Å². The summed E-state index contributed by atoms with van der Waals surface area (Å²) in [5, 5.41) is 8.82. The summed E-state index contributed by atoms with van der Waals surface area (Å²) in [7, 11) is 0. The minimum Gasteiger partial charge on any atom is -0.379 e. The summed E-state index contributed by atoms with van der Waals surface area (Å²) < 4.78 is 7.28. The van der Waals surface area contributed by atoms with Crippen molar-refractivity contribution in [1.82, 2.24) is 24.8 Å². The quantitative estimate of drug-likeness (QED) is 0.579. The van der Waals surface area contributed by atoms with Crippen LogP contribution in [0.25, 0.3) is 16.6 Å². The number of aromatic nitrogens is 3. The number of aryl methyl sites for hydroxylation is 2. The predicted octanol–water partition coefficient (Wildman–Crippen LogP) is 2.66. The van der Waals surface area contributed by atoms with Crippen molar-refractivity contribution in [3.8, 4) is 0 Å². The molecule has 1 N–H and O–H groups in total. The second-order valence-corrected chi connectivity index (χ2v) is 8.02. The van der Waals surface area contributed by atoms with Gasteiger partial charge in [0.15, 0.2) is 5.65 Å². The number of hydrogen-bond donors (Lipinski definition) is 1. The minimum atomic E-state index is 0.103. The van der Waals surface area contributed by atoms with Crippen molar-refractivity contribution in [1.29, 1.82) is 0 Å². The van der Waals surface area contributed by atoms with E-state index < -0.39 is 0 Å². The van der Waals surface area contributed by atoms with Gasteiger partial charge in [-0.2, -0.15) is 5.10 Å². The maximum atomic E-state index is 12.3. The third-order valence-corrected chi connectivity index (χ3v) is 5.95. The van der Waals surface area contributed by atoms with E-state index in [1.807, 2.05) is 29.6 Å². The van der Waals surface area contributed by atoms with Crippen molar-refractivity contribution in [2.75, 3.05) is 39.4 Å². The molecule has 4 rings (SSSR count).